The van der Waals surface area contributed by atoms with E-state index in [2.05, 4.69) is 19.2 Å². The van der Waals surface area contributed by atoms with Crippen LogP contribution in [0.2, 0.25) is 0 Å². The van der Waals surface area contributed by atoms with Gasteiger partial charge in [0.15, 0.2) is 0 Å². The van der Waals surface area contributed by atoms with Crippen LogP contribution >= 0.6 is 0 Å². The van der Waals surface area contributed by atoms with Gasteiger partial charge < -0.3 is 10.2 Å². The first-order valence-electron chi connectivity index (χ1n) is 7.55. The van der Waals surface area contributed by atoms with Gasteiger partial charge in [-0.1, -0.05) is 6.92 Å². The maximum atomic E-state index is 12.7. The predicted octanol–water partition coefficient (Wildman–Crippen LogP) is 2.56. The molecule has 1 aliphatic heterocycles. The topological polar surface area (TPSA) is 32.3 Å². The van der Waals surface area contributed by atoms with Crippen LogP contribution in [0.3, 0.4) is 0 Å². The van der Waals surface area contributed by atoms with E-state index < -0.39 is 0 Å². The molecular formula is C15H28N2O. The highest BCUT2D eigenvalue weighted by Gasteiger charge is 2.38. The van der Waals surface area contributed by atoms with E-state index in [-0.39, 0.29) is 5.54 Å². The molecule has 2 aliphatic rings. The molecule has 0 aromatic carbocycles. The first kappa shape index (κ1) is 13.9. The molecule has 1 N–H and O–H groups in total. The summed E-state index contributed by atoms with van der Waals surface area (Å²) in [5.74, 6) is 1.15. The second kappa shape index (κ2) is 5.60. The molecule has 2 fully saturated rings. The number of likely N-dealkylation sites (N-methyl/N-ethyl adjacent to an activating group) is 1. The van der Waals surface area contributed by atoms with Crippen LogP contribution in [0.4, 0.5) is 0 Å². The summed E-state index contributed by atoms with van der Waals surface area (Å²) >= 11 is 0. The maximum Gasteiger partial charge on any atom is 0.242 e. The van der Waals surface area contributed by atoms with Gasteiger partial charge in [0.05, 0.1) is 5.54 Å². The van der Waals surface area contributed by atoms with Gasteiger partial charge >= 0.3 is 0 Å². The van der Waals surface area contributed by atoms with E-state index >= 15 is 0 Å². The minimum atomic E-state index is -0.309. The third-order valence-corrected chi connectivity index (χ3v) is 4.94. The van der Waals surface area contributed by atoms with Gasteiger partial charge in [-0.25, -0.2) is 0 Å². The van der Waals surface area contributed by atoms with Crippen molar-refractivity contribution in [2.75, 3.05) is 13.6 Å². The lowest BCUT2D eigenvalue weighted by molar-refractivity contribution is -0.140. The van der Waals surface area contributed by atoms with Crippen LogP contribution in [0.15, 0.2) is 0 Å². The van der Waals surface area contributed by atoms with E-state index in [0.29, 0.717) is 11.9 Å². The molecule has 1 saturated heterocycles. The lowest BCUT2D eigenvalue weighted by Gasteiger charge is -2.41. The molecule has 3 nitrogen and oxygen atoms in total. The summed E-state index contributed by atoms with van der Waals surface area (Å²) < 4.78 is 0. The fraction of sp³-hybridized carbons (Fsp3) is 0.933. The molecule has 0 aromatic heterocycles. The summed E-state index contributed by atoms with van der Waals surface area (Å²) in [5, 5.41) is 3.43. The van der Waals surface area contributed by atoms with E-state index in [1.54, 1.807) is 0 Å². The third-order valence-electron chi connectivity index (χ3n) is 4.94. The summed E-state index contributed by atoms with van der Waals surface area (Å²) in [6.07, 6.45) is 8.26. The van der Waals surface area contributed by atoms with E-state index in [1.165, 1.54) is 38.5 Å². The zero-order valence-electron chi connectivity index (χ0n) is 12.2. The number of hydrogen-bond donors (Lipinski definition) is 1. The fourth-order valence-corrected chi connectivity index (χ4v) is 3.42. The zero-order chi connectivity index (χ0) is 13.2. The number of carbonyl (C=O) groups is 1. The van der Waals surface area contributed by atoms with Gasteiger partial charge in [-0.2, -0.15) is 0 Å². The summed E-state index contributed by atoms with van der Waals surface area (Å²) in [6, 6.07) is 0.467. The number of rotatable bonds is 2. The van der Waals surface area contributed by atoms with Gasteiger partial charge in [0, 0.05) is 13.1 Å². The standard InChI is InChI=1S/C15H28N2O/c1-12-6-8-13(9-7-12)17(3)14(18)15(2)10-4-5-11-16-15/h12-13,16H,4-11H2,1-3H3. The van der Waals surface area contributed by atoms with E-state index in [0.717, 1.165) is 18.9 Å². The molecule has 1 unspecified atom stereocenters. The largest absolute Gasteiger partial charge is 0.341 e. The number of piperidine rings is 1. The Morgan fingerprint density at radius 3 is 2.44 bits per heavy atom. The average molecular weight is 252 g/mol. The smallest absolute Gasteiger partial charge is 0.242 e. The van der Waals surface area contributed by atoms with Crippen LogP contribution in [0.25, 0.3) is 0 Å². The summed E-state index contributed by atoms with van der Waals surface area (Å²) in [6.45, 7) is 5.39. The number of hydrogen-bond acceptors (Lipinski definition) is 2. The molecule has 2 rings (SSSR count). The van der Waals surface area contributed by atoms with Crippen LogP contribution in [-0.2, 0) is 4.79 Å². The van der Waals surface area contributed by atoms with Crippen LogP contribution < -0.4 is 5.32 Å². The summed E-state index contributed by atoms with van der Waals surface area (Å²) in [4.78, 5) is 14.7. The van der Waals surface area contributed by atoms with Crippen LogP contribution in [0.5, 0.6) is 0 Å². The van der Waals surface area contributed by atoms with Gasteiger partial charge in [-0.3, -0.25) is 4.79 Å². The fourth-order valence-electron chi connectivity index (χ4n) is 3.42. The van der Waals surface area contributed by atoms with E-state index in [9.17, 15) is 4.79 Å². The Bertz CT molecular complexity index is 289. The molecule has 0 aromatic rings. The number of nitrogens with one attached hydrogen (secondary N) is 1. The van der Waals surface area contributed by atoms with Crippen LogP contribution in [0.1, 0.15) is 58.8 Å². The maximum absolute atomic E-state index is 12.7. The predicted molar refractivity (Wildman–Crippen MR) is 74.4 cm³/mol. The molecular weight excluding hydrogens is 224 g/mol. The van der Waals surface area contributed by atoms with Crippen molar-refractivity contribution in [3.8, 4) is 0 Å². The van der Waals surface area contributed by atoms with Crippen molar-refractivity contribution in [3.63, 3.8) is 0 Å². The lowest BCUT2D eigenvalue weighted by atomic mass is 9.84. The van der Waals surface area contributed by atoms with Crippen molar-refractivity contribution in [2.24, 2.45) is 5.92 Å². The van der Waals surface area contributed by atoms with Crippen molar-refractivity contribution in [3.05, 3.63) is 0 Å². The lowest BCUT2D eigenvalue weighted by Crippen LogP contribution is -2.59. The molecule has 104 valence electrons. The minimum Gasteiger partial charge on any atom is -0.341 e. The van der Waals surface area contributed by atoms with Gasteiger partial charge in [0.1, 0.15) is 0 Å². The first-order chi connectivity index (χ1) is 8.53. The highest BCUT2D eigenvalue weighted by Crippen LogP contribution is 2.29. The highest BCUT2D eigenvalue weighted by molar-refractivity contribution is 5.86. The Hall–Kier alpha value is -0.570. The number of amides is 1. The van der Waals surface area contributed by atoms with Crippen molar-refractivity contribution in [2.45, 2.75) is 70.4 Å². The second-order valence-electron chi connectivity index (χ2n) is 6.55. The Morgan fingerprint density at radius 1 is 1.22 bits per heavy atom. The molecule has 0 radical (unpaired) electrons. The number of carbonyl (C=O) groups excluding carboxylic acids is 1. The Labute approximate surface area is 111 Å². The molecule has 1 saturated carbocycles. The van der Waals surface area contributed by atoms with Gasteiger partial charge in [0.2, 0.25) is 5.91 Å². The summed E-state index contributed by atoms with van der Waals surface area (Å²) in [5.41, 5.74) is -0.309. The van der Waals surface area contributed by atoms with Crippen molar-refractivity contribution in [1.82, 2.24) is 10.2 Å². The van der Waals surface area contributed by atoms with Crippen molar-refractivity contribution >= 4 is 5.91 Å². The number of nitrogens with zero attached hydrogens (tertiary/aromatic N) is 1. The van der Waals surface area contributed by atoms with Gasteiger partial charge in [0.25, 0.3) is 0 Å². The second-order valence-corrected chi connectivity index (χ2v) is 6.55. The Morgan fingerprint density at radius 2 is 1.89 bits per heavy atom. The van der Waals surface area contributed by atoms with Gasteiger partial charge in [-0.05, 0) is 64.3 Å². The molecule has 1 aliphatic carbocycles. The van der Waals surface area contributed by atoms with Gasteiger partial charge in [-0.15, -0.1) is 0 Å². The zero-order valence-corrected chi connectivity index (χ0v) is 12.2. The molecule has 3 heteroatoms. The Kier molecular flexibility index (Phi) is 4.31. The van der Waals surface area contributed by atoms with Crippen molar-refractivity contribution < 1.29 is 4.79 Å². The highest BCUT2D eigenvalue weighted by atomic mass is 16.2. The quantitative estimate of drug-likeness (QED) is 0.819. The minimum absolute atomic E-state index is 0.307. The monoisotopic (exact) mass is 252 g/mol. The SMILES string of the molecule is CC1CCC(N(C)C(=O)C2(C)CCCCN2)CC1. The molecule has 18 heavy (non-hydrogen) atoms. The molecule has 0 bridgehead atoms. The molecule has 0 spiro atoms. The van der Waals surface area contributed by atoms with E-state index in [4.69, 9.17) is 0 Å². The third kappa shape index (κ3) is 2.87. The Balaban J connectivity index is 1.95. The summed E-state index contributed by atoms with van der Waals surface area (Å²) in [7, 11) is 2.00. The average Bonchev–Trinajstić information content (AvgIpc) is 2.39. The first-order valence-corrected chi connectivity index (χ1v) is 7.55. The van der Waals surface area contributed by atoms with Crippen molar-refractivity contribution in [1.29, 1.82) is 0 Å². The molecule has 1 atom stereocenters. The van der Waals surface area contributed by atoms with E-state index in [1.807, 2.05) is 11.9 Å². The van der Waals surface area contributed by atoms with Crippen LogP contribution in [0, 0.1) is 5.92 Å². The molecule has 1 heterocycles. The van der Waals surface area contributed by atoms with Crippen LogP contribution in [-0.4, -0.2) is 36.0 Å². The molecule has 1 amide bonds. The normalized spacial score (nSPS) is 37.3.